The van der Waals surface area contributed by atoms with Crippen molar-refractivity contribution in [1.29, 1.82) is 0 Å². The molecule has 0 radical (unpaired) electrons. The van der Waals surface area contributed by atoms with Crippen molar-refractivity contribution in [3.05, 3.63) is 51.8 Å². The van der Waals surface area contributed by atoms with E-state index in [1.54, 1.807) is 12.4 Å². The van der Waals surface area contributed by atoms with Crippen LogP contribution in [0.25, 0.3) is 0 Å². The van der Waals surface area contributed by atoms with Gasteiger partial charge in [-0.15, -0.1) is 0 Å². The minimum atomic E-state index is -0.576. The molecule has 0 aliphatic heterocycles. The smallest absolute Gasteiger partial charge is 0.145 e. The highest BCUT2D eigenvalue weighted by Gasteiger charge is 2.12. The van der Waals surface area contributed by atoms with Gasteiger partial charge < -0.3 is 0 Å². The summed E-state index contributed by atoms with van der Waals surface area (Å²) in [6, 6.07) is 2.58. The maximum absolute atomic E-state index is 13.6. The number of hydrogen-bond donors (Lipinski definition) is 0. The highest BCUT2D eigenvalue weighted by Crippen LogP contribution is 2.22. The first-order valence-electron chi connectivity index (χ1n) is 4.69. The van der Waals surface area contributed by atoms with Gasteiger partial charge in [-0.3, -0.25) is 4.68 Å². The Morgan fingerprint density at radius 2 is 2.12 bits per heavy atom. The third-order valence-electron chi connectivity index (χ3n) is 2.22. The van der Waals surface area contributed by atoms with Crippen LogP contribution in [0.3, 0.4) is 0 Å². The number of hydrogen-bond acceptors (Lipinski definition) is 1. The van der Waals surface area contributed by atoms with Gasteiger partial charge in [0.25, 0.3) is 0 Å². The fraction of sp³-hybridized carbons (Fsp3) is 0.182. The van der Waals surface area contributed by atoms with Crippen LogP contribution in [0.15, 0.2) is 29.0 Å². The second-order valence-corrected chi connectivity index (χ2v) is 4.39. The summed E-state index contributed by atoms with van der Waals surface area (Å²) in [6.07, 6.45) is 3.38. The molecule has 16 heavy (non-hydrogen) atoms. The van der Waals surface area contributed by atoms with E-state index in [0.717, 1.165) is 5.56 Å². The number of aromatic nitrogens is 2. The van der Waals surface area contributed by atoms with Crippen molar-refractivity contribution in [1.82, 2.24) is 9.78 Å². The zero-order chi connectivity index (χ0) is 11.7. The van der Waals surface area contributed by atoms with Crippen LogP contribution in [0.1, 0.15) is 11.1 Å². The van der Waals surface area contributed by atoms with Gasteiger partial charge in [0, 0.05) is 11.8 Å². The molecule has 2 nitrogen and oxygen atoms in total. The predicted molar refractivity (Wildman–Crippen MR) is 60.1 cm³/mol. The van der Waals surface area contributed by atoms with E-state index < -0.39 is 11.6 Å². The van der Waals surface area contributed by atoms with Crippen molar-refractivity contribution in [2.45, 2.75) is 13.5 Å². The van der Waals surface area contributed by atoms with E-state index in [1.807, 2.05) is 6.92 Å². The van der Waals surface area contributed by atoms with Crippen molar-refractivity contribution in [3.63, 3.8) is 0 Å². The first-order chi connectivity index (χ1) is 7.58. The molecule has 0 saturated heterocycles. The van der Waals surface area contributed by atoms with Crippen molar-refractivity contribution in [3.8, 4) is 0 Å². The molecule has 0 aliphatic carbocycles. The molecule has 0 N–H and O–H groups in total. The summed E-state index contributed by atoms with van der Waals surface area (Å²) in [4.78, 5) is 0. The van der Waals surface area contributed by atoms with Crippen molar-refractivity contribution < 1.29 is 8.78 Å². The van der Waals surface area contributed by atoms with E-state index in [4.69, 9.17) is 0 Å². The first kappa shape index (κ1) is 11.3. The average molecular weight is 287 g/mol. The molecule has 1 aromatic carbocycles. The molecule has 2 rings (SSSR count). The standard InChI is InChI=1S/C11H9BrF2N2/c1-7-4-15-16(5-7)6-8-10(13)3-2-9(12)11(8)14/h2-5H,6H2,1H3. The van der Waals surface area contributed by atoms with Gasteiger partial charge in [0.1, 0.15) is 11.6 Å². The largest absolute Gasteiger partial charge is 0.268 e. The maximum atomic E-state index is 13.6. The number of benzene rings is 1. The Labute approximate surface area is 100 Å². The number of halogens is 3. The molecule has 0 saturated carbocycles. The monoisotopic (exact) mass is 286 g/mol. The highest BCUT2D eigenvalue weighted by atomic mass is 79.9. The third kappa shape index (κ3) is 2.14. The number of aryl methyl sites for hydroxylation is 1. The molecule has 0 fully saturated rings. The second-order valence-electron chi connectivity index (χ2n) is 3.54. The van der Waals surface area contributed by atoms with E-state index in [2.05, 4.69) is 21.0 Å². The minimum Gasteiger partial charge on any atom is -0.268 e. The van der Waals surface area contributed by atoms with E-state index in [1.165, 1.54) is 16.8 Å². The number of rotatable bonds is 2. The van der Waals surface area contributed by atoms with Crippen LogP contribution < -0.4 is 0 Å². The molecule has 0 atom stereocenters. The summed E-state index contributed by atoms with van der Waals surface area (Å²) in [5.41, 5.74) is 0.966. The van der Waals surface area contributed by atoms with Crippen LogP contribution in [0.2, 0.25) is 0 Å². The van der Waals surface area contributed by atoms with Crippen molar-refractivity contribution >= 4 is 15.9 Å². The SMILES string of the molecule is Cc1cnn(Cc2c(F)ccc(Br)c2F)c1. The number of nitrogens with zero attached hydrogens (tertiary/aromatic N) is 2. The lowest BCUT2D eigenvalue weighted by atomic mass is 10.2. The van der Waals surface area contributed by atoms with Crippen LogP contribution in [-0.2, 0) is 6.54 Å². The molecular formula is C11H9BrF2N2. The predicted octanol–water partition coefficient (Wildman–Crippen LogP) is 3.28. The van der Waals surface area contributed by atoms with Gasteiger partial charge in [-0.1, -0.05) is 0 Å². The topological polar surface area (TPSA) is 17.8 Å². The molecular weight excluding hydrogens is 278 g/mol. The van der Waals surface area contributed by atoms with Gasteiger partial charge in [-0.05, 0) is 40.5 Å². The second kappa shape index (κ2) is 4.33. The maximum Gasteiger partial charge on any atom is 0.145 e. The first-order valence-corrected chi connectivity index (χ1v) is 5.48. The van der Waals surface area contributed by atoms with Gasteiger partial charge >= 0.3 is 0 Å². The van der Waals surface area contributed by atoms with Crippen LogP contribution in [-0.4, -0.2) is 9.78 Å². The van der Waals surface area contributed by atoms with E-state index in [-0.39, 0.29) is 16.6 Å². The fourth-order valence-electron chi connectivity index (χ4n) is 1.43. The zero-order valence-corrected chi connectivity index (χ0v) is 10.1. The lowest BCUT2D eigenvalue weighted by molar-refractivity contribution is 0.529. The Kier molecular flexibility index (Phi) is 3.05. The molecule has 2 aromatic rings. The molecule has 0 unspecified atom stereocenters. The zero-order valence-electron chi connectivity index (χ0n) is 8.54. The highest BCUT2D eigenvalue weighted by molar-refractivity contribution is 9.10. The fourth-order valence-corrected chi connectivity index (χ4v) is 1.80. The molecule has 5 heteroatoms. The minimum absolute atomic E-state index is 0.0116. The molecule has 1 heterocycles. The summed E-state index contributed by atoms with van der Waals surface area (Å²) in [5.74, 6) is -1.14. The van der Waals surface area contributed by atoms with Crippen LogP contribution >= 0.6 is 15.9 Å². The molecule has 1 aromatic heterocycles. The normalized spacial score (nSPS) is 10.8. The van der Waals surface area contributed by atoms with Gasteiger partial charge in [0.15, 0.2) is 0 Å². The van der Waals surface area contributed by atoms with E-state index in [9.17, 15) is 8.78 Å². The Morgan fingerprint density at radius 1 is 1.38 bits per heavy atom. The Bertz CT molecular complexity index is 523. The van der Waals surface area contributed by atoms with Gasteiger partial charge in [-0.2, -0.15) is 5.10 Å². The van der Waals surface area contributed by atoms with Gasteiger partial charge in [0.2, 0.25) is 0 Å². The van der Waals surface area contributed by atoms with Crippen molar-refractivity contribution in [2.24, 2.45) is 0 Å². The molecule has 84 valence electrons. The molecule has 0 amide bonds. The van der Waals surface area contributed by atoms with Crippen molar-refractivity contribution in [2.75, 3.05) is 0 Å². The molecule has 0 bridgehead atoms. The Balaban J connectivity index is 2.37. The van der Waals surface area contributed by atoms with E-state index in [0.29, 0.717) is 0 Å². The third-order valence-corrected chi connectivity index (χ3v) is 2.83. The molecule has 0 aliphatic rings. The van der Waals surface area contributed by atoms with Gasteiger partial charge in [-0.25, -0.2) is 8.78 Å². The Hall–Kier alpha value is -1.23. The molecule has 0 spiro atoms. The lowest BCUT2D eigenvalue weighted by Crippen LogP contribution is -2.05. The van der Waals surface area contributed by atoms with E-state index >= 15 is 0 Å². The average Bonchev–Trinajstić information content (AvgIpc) is 2.65. The summed E-state index contributed by atoms with van der Waals surface area (Å²) in [5, 5.41) is 3.99. The summed E-state index contributed by atoms with van der Waals surface area (Å²) < 4.78 is 28.8. The van der Waals surface area contributed by atoms with Crippen LogP contribution in [0.4, 0.5) is 8.78 Å². The Morgan fingerprint density at radius 3 is 2.75 bits per heavy atom. The van der Waals surface area contributed by atoms with Crippen LogP contribution in [0.5, 0.6) is 0 Å². The van der Waals surface area contributed by atoms with Gasteiger partial charge in [0.05, 0.1) is 17.2 Å². The van der Waals surface area contributed by atoms with Crippen LogP contribution in [0, 0.1) is 18.6 Å². The summed E-state index contributed by atoms with van der Waals surface area (Å²) >= 11 is 3.03. The summed E-state index contributed by atoms with van der Waals surface area (Å²) in [6.45, 7) is 1.96. The summed E-state index contributed by atoms with van der Waals surface area (Å²) in [7, 11) is 0. The quantitative estimate of drug-likeness (QED) is 0.775. The lowest BCUT2D eigenvalue weighted by Gasteiger charge is -2.06.